The van der Waals surface area contributed by atoms with Gasteiger partial charge in [0.15, 0.2) is 5.82 Å². The normalized spacial score (nSPS) is 18.4. The number of anilines is 2. The number of benzene rings is 2. The molecule has 37 heavy (non-hydrogen) atoms. The zero-order chi connectivity index (χ0) is 24.8. The van der Waals surface area contributed by atoms with E-state index in [1.54, 1.807) is 6.20 Å². The summed E-state index contributed by atoms with van der Waals surface area (Å²) < 4.78 is 0. The average Bonchev–Trinajstić information content (AvgIpc) is 3.70. The largest absolute Gasteiger partial charge is 0.351 e. The first-order valence-electron chi connectivity index (χ1n) is 12.3. The van der Waals surface area contributed by atoms with Crippen molar-refractivity contribution in [2.45, 2.75) is 18.5 Å². The van der Waals surface area contributed by atoms with Gasteiger partial charge >= 0.3 is 0 Å². The van der Waals surface area contributed by atoms with Gasteiger partial charge in [0.05, 0.1) is 5.69 Å². The molecule has 182 valence electrons. The average molecular weight is 506 g/mol. The summed E-state index contributed by atoms with van der Waals surface area (Å²) in [6.07, 6.45) is 2.85. The van der Waals surface area contributed by atoms with E-state index in [2.05, 4.69) is 25.5 Å². The second kappa shape index (κ2) is 9.02. The predicted octanol–water partition coefficient (Wildman–Crippen LogP) is 4.62. The van der Waals surface area contributed by atoms with Crippen molar-refractivity contribution in [2.24, 2.45) is 0 Å². The molecule has 0 unspecified atom stereocenters. The summed E-state index contributed by atoms with van der Waals surface area (Å²) in [7, 11) is 0. The third-order valence-electron chi connectivity index (χ3n) is 6.90. The Morgan fingerprint density at radius 3 is 2.68 bits per heavy atom. The molecular formula is C28H23N7OS. The molecule has 5 aromatic rings. The summed E-state index contributed by atoms with van der Waals surface area (Å²) in [6, 6.07) is 24.0. The van der Waals surface area contributed by atoms with Crippen molar-refractivity contribution in [1.82, 2.24) is 25.3 Å². The maximum absolute atomic E-state index is 13.6. The molecule has 9 heteroatoms. The summed E-state index contributed by atoms with van der Waals surface area (Å²) in [5.41, 5.74) is 3.58. The first kappa shape index (κ1) is 22.0. The van der Waals surface area contributed by atoms with Crippen LogP contribution in [0.5, 0.6) is 0 Å². The number of carbonyl (C=O) groups excluding carboxylic acids is 1. The molecule has 0 saturated carbocycles. The zero-order valence-corrected chi connectivity index (χ0v) is 20.7. The van der Waals surface area contributed by atoms with Crippen LogP contribution in [0.1, 0.15) is 16.9 Å². The van der Waals surface area contributed by atoms with Crippen molar-refractivity contribution in [2.75, 3.05) is 23.3 Å². The van der Waals surface area contributed by atoms with Crippen molar-refractivity contribution in [3.8, 4) is 22.0 Å². The quantitative estimate of drug-likeness (QED) is 0.360. The lowest BCUT2D eigenvalue weighted by Gasteiger charge is -2.29. The number of hydrogen-bond donors (Lipinski definition) is 2. The first-order valence-corrected chi connectivity index (χ1v) is 13.1. The van der Waals surface area contributed by atoms with Gasteiger partial charge in [-0.2, -0.15) is 0 Å². The van der Waals surface area contributed by atoms with Gasteiger partial charge in [0.1, 0.15) is 26.9 Å². The minimum absolute atomic E-state index is 0.282. The Kier molecular flexibility index (Phi) is 5.37. The second-order valence-electron chi connectivity index (χ2n) is 9.29. The van der Waals surface area contributed by atoms with E-state index in [0.717, 1.165) is 51.8 Å². The van der Waals surface area contributed by atoms with E-state index in [1.807, 2.05) is 72.8 Å². The third kappa shape index (κ3) is 4.12. The molecule has 5 heterocycles. The Morgan fingerprint density at radius 2 is 1.86 bits per heavy atom. The number of nitrogens with zero attached hydrogens (tertiary/aromatic N) is 5. The van der Waals surface area contributed by atoms with E-state index in [-0.39, 0.29) is 5.91 Å². The summed E-state index contributed by atoms with van der Waals surface area (Å²) in [5, 5.41) is 7.42. The monoisotopic (exact) mass is 505 g/mol. The Bertz CT molecular complexity index is 1590. The van der Waals surface area contributed by atoms with Gasteiger partial charge in [-0.25, -0.2) is 19.9 Å². The lowest BCUT2D eigenvalue weighted by molar-refractivity contribution is 0.102. The Labute approximate surface area is 217 Å². The SMILES string of the molecule is O=C(Nc1ccccc1-c1nc2cccnc2s1)c1cc(N2C[C@H]3C[C@@H]2CN3)nc(-c2ccccc2)n1. The lowest BCUT2D eigenvalue weighted by atomic mass is 10.1. The van der Waals surface area contributed by atoms with Crippen LogP contribution < -0.4 is 15.5 Å². The molecule has 0 aliphatic carbocycles. The molecule has 8 nitrogen and oxygen atoms in total. The fourth-order valence-corrected chi connectivity index (χ4v) is 6.05. The molecule has 2 aliphatic heterocycles. The van der Waals surface area contributed by atoms with E-state index in [4.69, 9.17) is 9.97 Å². The van der Waals surface area contributed by atoms with Gasteiger partial charge in [0, 0.05) is 48.6 Å². The third-order valence-corrected chi connectivity index (χ3v) is 7.91. The Balaban J connectivity index is 1.25. The molecule has 3 aromatic heterocycles. The number of pyridine rings is 1. The molecular weight excluding hydrogens is 482 g/mol. The number of para-hydroxylation sites is 1. The van der Waals surface area contributed by atoms with Crippen LogP contribution in [-0.4, -0.2) is 51.0 Å². The van der Waals surface area contributed by atoms with Crippen molar-refractivity contribution in [3.63, 3.8) is 0 Å². The number of piperazine rings is 1. The maximum atomic E-state index is 13.6. The molecule has 2 N–H and O–H groups in total. The summed E-state index contributed by atoms with van der Waals surface area (Å²) in [6.45, 7) is 1.81. The van der Waals surface area contributed by atoms with Crippen LogP contribution in [0.4, 0.5) is 11.5 Å². The van der Waals surface area contributed by atoms with Crippen LogP contribution in [0, 0.1) is 0 Å². The van der Waals surface area contributed by atoms with E-state index in [1.165, 1.54) is 11.3 Å². The van der Waals surface area contributed by atoms with E-state index < -0.39 is 0 Å². The van der Waals surface area contributed by atoms with Crippen LogP contribution in [0.3, 0.4) is 0 Å². The molecule has 7 rings (SSSR count). The molecule has 2 saturated heterocycles. The van der Waals surface area contributed by atoms with Gasteiger partial charge in [-0.05, 0) is 30.7 Å². The molecule has 0 spiro atoms. The zero-order valence-electron chi connectivity index (χ0n) is 19.8. The van der Waals surface area contributed by atoms with Crippen LogP contribution in [-0.2, 0) is 0 Å². The fraction of sp³-hybridized carbons (Fsp3) is 0.179. The van der Waals surface area contributed by atoms with Crippen LogP contribution in [0.2, 0.25) is 0 Å². The number of carbonyl (C=O) groups is 1. The molecule has 2 aliphatic rings. The van der Waals surface area contributed by atoms with Crippen molar-refractivity contribution >= 4 is 39.1 Å². The summed E-state index contributed by atoms with van der Waals surface area (Å²) in [4.78, 5) is 35.5. The number of aromatic nitrogens is 4. The minimum atomic E-state index is -0.282. The number of hydrogen-bond acceptors (Lipinski definition) is 8. The van der Waals surface area contributed by atoms with Crippen molar-refractivity contribution in [3.05, 3.63) is 84.7 Å². The molecule has 0 radical (unpaired) electrons. The topological polar surface area (TPSA) is 95.9 Å². The van der Waals surface area contributed by atoms with Crippen molar-refractivity contribution < 1.29 is 4.79 Å². The molecule has 2 bridgehead atoms. The highest BCUT2D eigenvalue weighted by atomic mass is 32.1. The second-order valence-corrected chi connectivity index (χ2v) is 10.3. The first-order chi connectivity index (χ1) is 18.2. The van der Waals surface area contributed by atoms with Gasteiger partial charge in [-0.1, -0.05) is 53.8 Å². The number of nitrogens with one attached hydrogen (secondary N) is 2. The predicted molar refractivity (Wildman–Crippen MR) is 146 cm³/mol. The van der Waals surface area contributed by atoms with E-state index >= 15 is 0 Å². The number of fused-ring (bicyclic) bond motifs is 3. The fourth-order valence-electron chi connectivity index (χ4n) is 5.11. The number of thiazole rings is 1. The standard InChI is InChI=1S/C28H23N7OS/c36-26(32-21-10-5-4-9-20(21)27-33-22-11-6-12-29-28(22)37-27)23-14-24(35-16-18-13-19(35)15-30-18)34-25(31-23)17-7-2-1-3-8-17/h1-12,14,18-19,30H,13,15-16H2,(H,32,36)/t18-,19-/m1/s1. The van der Waals surface area contributed by atoms with Gasteiger partial charge in [-0.15, -0.1) is 0 Å². The Hall–Kier alpha value is -4.21. The summed E-state index contributed by atoms with van der Waals surface area (Å²) in [5.74, 6) is 1.05. The molecule has 2 atom stereocenters. The Morgan fingerprint density at radius 1 is 1.00 bits per heavy atom. The van der Waals surface area contributed by atoms with Crippen molar-refractivity contribution in [1.29, 1.82) is 0 Å². The molecule has 2 aromatic carbocycles. The number of rotatable bonds is 5. The highest BCUT2D eigenvalue weighted by Gasteiger charge is 2.38. The van der Waals surface area contributed by atoms with Gasteiger partial charge in [-0.3, -0.25) is 4.79 Å². The van der Waals surface area contributed by atoms with E-state index in [9.17, 15) is 4.79 Å². The molecule has 1 amide bonds. The van der Waals surface area contributed by atoms with Crippen LogP contribution in [0.25, 0.3) is 32.3 Å². The lowest BCUT2D eigenvalue weighted by Crippen LogP contribution is -2.44. The van der Waals surface area contributed by atoms with E-state index in [0.29, 0.717) is 29.3 Å². The minimum Gasteiger partial charge on any atom is -0.351 e. The van der Waals surface area contributed by atoms with Crippen LogP contribution >= 0.6 is 11.3 Å². The number of amides is 1. The molecule has 2 fully saturated rings. The maximum Gasteiger partial charge on any atom is 0.274 e. The smallest absolute Gasteiger partial charge is 0.274 e. The van der Waals surface area contributed by atoms with Crippen LogP contribution in [0.15, 0.2) is 79.0 Å². The highest BCUT2D eigenvalue weighted by Crippen LogP contribution is 2.34. The van der Waals surface area contributed by atoms with Gasteiger partial charge in [0.25, 0.3) is 5.91 Å². The summed E-state index contributed by atoms with van der Waals surface area (Å²) >= 11 is 1.50. The van der Waals surface area contributed by atoms with Gasteiger partial charge < -0.3 is 15.5 Å². The van der Waals surface area contributed by atoms with Gasteiger partial charge in [0.2, 0.25) is 0 Å². The highest BCUT2D eigenvalue weighted by molar-refractivity contribution is 7.21.